The second-order valence-corrected chi connectivity index (χ2v) is 42.5. The normalized spacial score (nSPS) is 18.7. The predicted octanol–water partition coefficient (Wildman–Crippen LogP) is 27.7. The van der Waals surface area contributed by atoms with Crippen molar-refractivity contribution in [2.24, 2.45) is 0 Å². The molecule has 7 heteroatoms. The molecular weight excluding hydrogens is 1540 g/mol. The summed E-state index contributed by atoms with van der Waals surface area (Å²) in [6.07, 6.45) is 6.33. The lowest BCUT2D eigenvalue weighted by Crippen LogP contribution is -2.62. The largest absolute Gasteiger partial charge is 0.376 e. The molecule has 0 radical (unpaired) electrons. The zero-order valence-corrected chi connectivity index (χ0v) is 73.9. The Morgan fingerprint density at radius 1 is 0.302 bits per heavy atom. The van der Waals surface area contributed by atoms with E-state index in [0.29, 0.717) is 0 Å². The molecule has 6 aliphatic heterocycles. The fourth-order valence-electron chi connectivity index (χ4n) is 27.4. The Bertz CT molecular complexity index is 7770. The Hall–Kier alpha value is -12.9. The maximum atomic E-state index is 2.85. The van der Waals surface area contributed by atoms with Crippen LogP contribution in [-0.4, -0.2) is 13.7 Å². The molecule has 1 unspecified atom stereocenters. The zero-order valence-electron chi connectivity index (χ0n) is 73.1. The third-order valence-corrected chi connectivity index (χ3v) is 34.6. The van der Waals surface area contributed by atoms with Crippen LogP contribution in [0.2, 0.25) is 0 Å². The van der Waals surface area contributed by atoms with Crippen molar-refractivity contribution in [3.05, 3.63) is 404 Å². The van der Waals surface area contributed by atoms with E-state index in [1.165, 1.54) is 250 Å². The molecule has 0 fully saturated rings. The molecular formula is C119H94B2N4S. The smallest absolute Gasteiger partial charge is 0.333 e. The quantitative estimate of drug-likeness (QED) is 0.159. The molecule has 0 saturated heterocycles. The van der Waals surface area contributed by atoms with E-state index in [9.17, 15) is 0 Å². The molecule has 2 spiro atoms. The number of hydrogen-bond donors (Lipinski definition) is 0. The summed E-state index contributed by atoms with van der Waals surface area (Å²) in [6.45, 7) is 24.6. The highest BCUT2D eigenvalue weighted by atomic mass is 32.1. The van der Waals surface area contributed by atoms with E-state index in [2.05, 4.69) is 404 Å². The number of benzene rings is 16. The molecule has 0 N–H and O–H groups in total. The average Bonchev–Trinajstić information content (AvgIpc) is 1.38. The van der Waals surface area contributed by atoms with Gasteiger partial charge in [0.2, 0.25) is 0 Å². The van der Waals surface area contributed by atoms with Crippen LogP contribution in [0.5, 0.6) is 0 Å². The van der Waals surface area contributed by atoms with E-state index in [1.807, 2.05) is 11.3 Å². The van der Waals surface area contributed by atoms with Gasteiger partial charge in [0.15, 0.2) is 0 Å². The van der Waals surface area contributed by atoms with Crippen LogP contribution in [0.15, 0.2) is 315 Å². The fourth-order valence-corrected chi connectivity index (χ4v) is 28.7. The monoisotopic (exact) mass is 1630 g/mol. The van der Waals surface area contributed by atoms with E-state index in [1.54, 1.807) is 0 Å². The minimum atomic E-state index is -0.583. The first-order chi connectivity index (χ1) is 61.3. The van der Waals surface area contributed by atoms with Gasteiger partial charge in [0, 0.05) is 82.2 Å². The molecule has 11 aliphatic rings. The van der Waals surface area contributed by atoms with Crippen molar-refractivity contribution in [1.29, 1.82) is 0 Å². The second-order valence-electron chi connectivity index (χ2n) is 41.4. The van der Waals surface area contributed by atoms with Crippen molar-refractivity contribution in [2.45, 2.75) is 146 Å². The average molecular weight is 1630 g/mol. The van der Waals surface area contributed by atoms with Gasteiger partial charge >= 0.3 is 13.7 Å². The zero-order chi connectivity index (χ0) is 84.1. The summed E-state index contributed by atoms with van der Waals surface area (Å²) in [4.78, 5) is 11.2. The van der Waals surface area contributed by atoms with Crippen LogP contribution < -0.4 is 41.3 Å². The van der Waals surface area contributed by atoms with Crippen LogP contribution in [0.4, 0.5) is 56.9 Å². The Balaban J connectivity index is 0.647. The summed E-state index contributed by atoms with van der Waals surface area (Å²) in [5, 5.41) is 2.66. The van der Waals surface area contributed by atoms with E-state index < -0.39 is 10.8 Å². The van der Waals surface area contributed by atoms with Crippen molar-refractivity contribution in [1.82, 2.24) is 0 Å². The molecule has 28 rings (SSSR count). The summed E-state index contributed by atoms with van der Waals surface area (Å²) in [6, 6.07) is 126. The van der Waals surface area contributed by atoms with E-state index in [4.69, 9.17) is 0 Å². The van der Waals surface area contributed by atoms with Gasteiger partial charge in [-0.3, -0.25) is 0 Å². The van der Waals surface area contributed by atoms with E-state index in [0.717, 1.165) is 32.1 Å². The molecule has 7 heterocycles. The molecule has 602 valence electrons. The lowest BCUT2D eigenvalue weighted by atomic mass is 9.42. The van der Waals surface area contributed by atoms with Crippen LogP contribution in [0.25, 0.3) is 75.8 Å². The van der Waals surface area contributed by atoms with Gasteiger partial charge in [-0.1, -0.05) is 305 Å². The van der Waals surface area contributed by atoms with Crippen molar-refractivity contribution in [3.8, 4) is 55.6 Å². The van der Waals surface area contributed by atoms with Crippen molar-refractivity contribution < 1.29 is 0 Å². The SMILES string of the molecule is Cc1cc2c3c(c1)N1c4ccccc4C4(c5ccccc5-c5ccccc54)c4cccc(c41)B3N(c1ccc3c(c1)C(C)(C)CCC3(C)CCc1cc3c4c(c1)N1c5ccccc5C5(c6ccccc6-c6ccccc65)c5cccc(c51)B4N(c1ccc4c(c1)C(C)(C)CCC4(C)C)c1ccc4c(sc5ccccc54)c1-3)c1cc3c(cc1-2)C(C)(C)c1ccccc1-3. The molecule has 126 heavy (non-hydrogen) atoms. The topological polar surface area (TPSA) is 13.0 Å². The van der Waals surface area contributed by atoms with Gasteiger partial charge < -0.3 is 19.4 Å². The molecule has 0 amide bonds. The summed E-state index contributed by atoms with van der Waals surface area (Å²) in [5.41, 5.74) is 52.0. The van der Waals surface area contributed by atoms with Crippen LogP contribution in [0, 0.1) is 6.92 Å². The number of aryl methyl sites for hydroxylation is 2. The van der Waals surface area contributed by atoms with Gasteiger partial charge in [0.05, 0.1) is 22.2 Å². The highest BCUT2D eigenvalue weighted by Gasteiger charge is 2.60. The van der Waals surface area contributed by atoms with Crippen LogP contribution in [0.3, 0.4) is 0 Å². The van der Waals surface area contributed by atoms with Crippen molar-refractivity contribution in [2.75, 3.05) is 19.4 Å². The first-order valence-electron chi connectivity index (χ1n) is 46.1. The lowest BCUT2D eigenvalue weighted by molar-refractivity contribution is 0.297. The molecule has 17 aromatic rings. The van der Waals surface area contributed by atoms with E-state index >= 15 is 0 Å². The third kappa shape index (κ3) is 8.84. The highest BCUT2D eigenvalue weighted by Crippen LogP contribution is 2.69. The van der Waals surface area contributed by atoms with Crippen LogP contribution in [0.1, 0.15) is 183 Å². The van der Waals surface area contributed by atoms with Gasteiger partial charge in [-0.15, -0.1) is 11.3 Å². The molecule has 16 aromatic carbocycles. The Morgan fingerprint density at radius 2 is 0.770 bits per heavy atom. The summed E-state index contributed by atoms with van der Waals surface area (Å²) >= 11 is 1.98. The predicted molar refractivity (Wildman–Crippen MR) is 530 cm³/mol. The third-order valence-electron chi connectivity index (χ3n) is 33.4. The number of thiophene rings is 1. The standard InChI is InChI=1S/C119H94B2N4S/c1-69-61-82-81-67-95-80(77-33-11-17-35-84(77)116(95,8)9)68-103(81)125(120-98-44-27-42-93-110(98)122(104(62-69)108(82)120)100-46-24-22-40-91(100)118(93)85-36-18-12-29-73(85)74-30-13-19-37-86(74)118)72-50-53-90-97(66-72)115(6,7)59-60-117(90,10)56-55-70-63-83-107-102(54-51-79-78-34-16-26-48-106(78)126-112(79)107)124(71-49-52-89-96(65-71)114(4,5)58-57-113(89,2)3)121-99-45-28-43-94-111(99)123(105(64-70)109(83)121)101-47-25-23-41-92(101)119(94)87-38-20-14-31-75(87)76-32-15-21-39-88(76)119/h11-54,61-68H,55-60H2,1-10H3. The van der Waals surface area contributed by atoms with Gasteiger partial charge in [0.25, 0.3) is 0 Å². The molecule has 0 bridgehead atoms. The van der Waals surface area contributed by atoms with Gasteiger partial charge in [-0.05, 0) is 295 Å². The number of para-hydroxylation sites is 4. The number of anilines is 10. The number of fused-ring (bicyclic) bond motifs is 35. The van der Waals surface area contributed by atoms with Crippen molar-refractivity contribution in [3.63, 3.8) is 0 Å². The van der Waals surface area contributed by atoms with Crippen LogP contribution in [-0.2, 0) is 44.3 Å². The summed E-state index contributed by atoms with van der Waals surface area (Å²) in [7, 11) is 0. The minimum absolute atomic E-state index is 0.00527. The maximum absolute atomic E-state index is 2.85. The second kappa shape index (κ2) is 24.4. The number of hydrogen-bond acceptors (Lipinski definition) is 5. The highest BCUT2D eigenvalue weighted by molar-refractivity contribution is 7.26. The van der Waals surface area contributed by atoms with Gasteiger partial charge in [0.1, 0.15) is 0 Å². The molecule has 0 saturated carbocycles. The fraction of sp³-hybridized carbons (Fsp3) is 0.193. The Kier molecular flexibility index (Phi) is 14.0. The Labute approximate surface area is 743 Å². The Morgan fingerprint density at radius 3 is 1.36 bits per heavy atom. The first-order valence-corrected chi connectivity index (χ1v) is 47.0. The lowest BCUT2D eigenvalue weighted by Gasteiger charge is -2.52. The molecule has 1 aromatic heterocycles. The summed E-state index contributed by atoms with van der Waals surface area (Å²) in [5.74, 6) is 0. The maximum Gasteiger partial charge on any atom is 0.333 e. The van der Waals surface area contributed by atoms with Gasteiger partial charge in [-0.2, -0.15) is 0 Å². The first kappa shape index (κ1) is 72.4. The molecule has 4 nitrogen and oxygen atoms in total. The van der Waals surface area contributed by atoms with Gasteiger partial charge in [-0.25, -0.2) is 0 Å². The molecule has 5 aliphatic carbocycles. The van der Waals surface area contributed by atoms with Crippen LogP contribution >= 0.6 is 11.3 Å². The number of nitrogens with zero attached hydrogens (tertiary/aromatic N) is 4. The summed E-state index contributed by atoms with van der Waals surface area (Å²) < 4.78 is 2.69. The minimum Gasteiger partial charge on any atom is -0.376 e. The molecule has 1 atom stereocenters. The van der Waals surface area contributed by atoms with Crippen molar-refractivity contribution >= 4 is 124 Å². The number of rotatable bonds is 5. The van der Waals surface area contributed by atoms with E-state index in [-0.39, 0.29) is 40.8 Å².